The molecule has 2 aliphatic rings. The van der Waals surface area contributed by atoms with Crippen LogP contribution in [0, 0.1) is 12.8 Å². The molecule has 0 aromatic heterocycles. The predicted octanol–water partition coefficient (Wildman–Crippen LogP) is 3.95. The van der Waals surface area contributed by atoms with E-state index in [4.69, 9.17) is 5.10 Å². The second-order valence-electron chi connectivity index (χ2n) is 6.24. The number of anilines is 1. The summed E-state index contributed by atoms with van der Waals surface area (Å²) in [7, 11) is 0. The summed E-state index contributed by atoms with van der Waals surface area (Å²) in [6, 6.07) is 13.2. The number of rotatable bonds is 1. The maximum atomic E-state index is 12.6. The van der Waals surface area contributed by atoms with E-state index in [9.17, 15) is 9.90 Å². The highest BCUT2D eigenvalue weighted by Gasteiger charge is 2.33. The molecule has 1 amide bonds. The molecule has 4 nitrogen and oxygen atoms in total. The second kappa shape index (κ2) is 5.98. The molecular weight excluding hydrogens is 320 g/mol. The van der Waals surface area contributed by atoms with Crippen LogP contribution in [0.3, 0.4) is 0 Å². The number of amides is 1. The van der Waals surface area contributed by atoms with E-state index in [0.717, 1.165) is 39.6 Å². The maximum Gasteiger partial charge on any atom is 0.248 e. The van der Waals surface area contributed by atoms with Crippen molar-refractivity contribution in [3.63, 3.8) is 0 Å². The number of hydrogen-bond acceptors (Lipinski definition) is 4. The maximum absolute atomic E-state index is 12.6. The van der Waals surface area contributed by atoms with E-state index in [0.29, 0.717) is 6.42 Å². The van der Waals surface area contributed by atoms with Crippen molar-refractivity contribution in [3.05, 3.63) is 53.6 Å². The van der Waals surface area contributed by atoms with Gasteiger partial charge in [0.25, 0.3) is 0 Å². The third kappa shape index (κ3) is 2.69. The summed E-state index contributed by atoms with van der Waals surface area (Å²) in [6.45, 7) is 2.02. The van der Waals surface area contributed by atoms with E-state index in [2.05, 4.69) is 0 Å². The van der Waals surface area contributed by atoms with Crippen LogP contribution in [0.15, 0.2) is 52.5 Å². The lowest BCUT2D eigenvalue weighted by atomic mass is 9.90. The molecule has 2 aromatic rings. The number of carbonyl (C=O) groups excluding carboxylic acids is 1. The van der Waals surface area contributed by atoms with Gasteiger partial charge >= 0.3 is 0 Å². The summed E-state index contributed by atoms with van der Waals surface area (Å²) >= 11 is 1.76. The van der Waals surface area contributed by atoms with Crippen molar-refractivity contribution in [2.45, 2.75) is 24.7 Å². The summed E-state index contributed by atoms with van der Waals surface area (Å²) in [5.74, 6) is 1.34. The van der Waals surface area contributed by atoms with Crippen LogP contribution in [0.25, 0.3) is 0 Å². The average Bonchev–Trinajstić information content (AvgIpc) is 2.74. The lowest BCUT2D eigenvalue weighted by molar-refractivity contribution is -0.119. The van der Waals surface area contributed by atoms with E-state index in [1.54, 1.807) is 23.9 Å². The highest BCUT2D eigenvalue weighted by Crippen LogP contribution is 2.37. The minimum absolute atomic E-state index is 0.0289. The van der Waals surface area contributed by atoms with Gasteiger partial charge < -0.3 is 5.11 Å². The number of fused-ring (bicyclic) bond motifs is 3. The van der Waals surface area contributed by atoms with Crippen LogP contribution >= 0.6 is 11.8 Å². The van der Waals surface area contributed by atoms with E-state index >= 15 is 0 Å². The lowest BCUT2D eigenvalue weighted by Gasteiger charge is -2.29. The van der Waals surface area contributed by atoms with Gasteiger partial charge in [0, 0.05) is 22.8 Å². The Hall–Kier alpha value is -2.27. The number of phenolic OH excluding ortho intramolecular Hbond substituents is 1. The zero-order valence-electron chi connectivity index (χ0n) is 13.4. The largest absolute Gasteiger partial charge is 0.508 e. The normalized spacial score (nSPS) is 20.0. The SMILES string of the molecule is Cc1ccc(N2N=C3c4cc(O)ccc4SCCC3CC2=O)cc1. The Labute approximate surface area is 145 Å². The number of carbonyl (C=O) groups is 1. The first-order chi connectivity index (χ1) is 11.6. The van der Waals surface area contributed by atoms with Gasteiger partial charge in [-0.3, -0.25) is 4.79 Å². The van der Waals surface area contributed by atoms with Crippen molar-refractivity contribution in [1.29, 1.82) is 0 Å². The van der Waals surface area contributed by atoms with Gasteiger partial charge in [0.2, 0.25) is 5.91 Å². The van der Waals surface area contributed by atoms with Gasteiger partial charge in [-0.25, -0.2) is 5.01 Å². The summed E-state index contributed by atoms with van der Waals surface area (Å²) in [4.78, 5) is 13.7. The number of phenols is 1. The first kappa shape index (κ1) is 15.3. The van der Waals surface area contributed by atoms with E-state index in [-0.39, 0.29) is 17.6 Å². The molecule has 122 valence electrons. The molecule has 0 saturated heterocycles. The fourth-order valence-electron chi connectivity index (χ4n) is 3.19. The smallest absolute Gasteiger partial charge is 0.248 e. The highest BCUT2D eigenvalue weighted by molar-refractivity contribution is 7.99. The first-order valence-corrected chi connectivity index (χ1v) is 9.05. The van der Waals surface area contributed by atoms with Crippen molar-refractivity contribution < 1.29 is 9.90 Å². The average molecular weight is 338 g/mol. The lowest BCUT2D eigenvalue weighted by Crippen LogP contribution is -2.37. The number of aromatic hydroxyl groups is 1. The van der Waals surface area contributed by atoms with Crippen molar-refractivity contribution in [2.24, 2.45) is 11.0 Å². The Morgan fingerprint density at radius 1 is 1.21 bits per heavy atom. The van der Waals surface area contributed by atoms with E-state index in [1.807, 2.05) is 37.3 Å². The molecule has 2 aromatic carbocycles. The van der Waals surface area contributed by atoms with Crippen molar-refractivity contribution in [3.8, 4) is 5.75 Å². The monoisotopic (exact) mass is 338 g/mol. The zero-order chi connectivity index (χ0) is 16.7. The fourth-order valence-corrected chi connectivity index (χ4v) is 4.30. The van der Waals surface area contributed by atoms with Crippen molar-refractivity contribution >= 4 is 29.1 Å². The van der Waals surface area contributed by atoms with Gasteiger partial charge in [-0.2, -0.15) is 5.10 Å². The molecule has 0 saturated carbocycles. The summed E-state index contributed by atoms with van der Waals surface area (Å²) in [5.41, 5.74) is 3.79. The molecule has 2 heterocycles. The van der Waals surface area contributed by atoms with Crippen LogP contribution in [0.4, 0.5) is 5.69 Å². The Morgan fingerprint density at radius 2 is 2.00 bits per heavy atom. The number of aryl methyl sites for hydroxylation is 1. The summed E-state index contributed by atoms with van der Waals surface area (Å²) < 4.78 is 0. The predicted molar refractivity (Wildman–Crippen MR) is 96.8 cm³/mol. The minimum atomic E-state index is 0.0289. The van der Waals surface area contributed by atoms with Gasteiger partial charge in [-0.05, 0) is 49.4 Å². The molecule has 0 bridgehead atoms. The van der Waals surface area contributed by atoms with Crippen LogP contribution < -0.4 is 5.01 Å². The second-order valence-corrected chi connectivity index (χ2v) is 7.38. The molecule has 24 heavy (non-hydrogen) atoms. The summed E-state index contributed by atoms with van der Waals surface area (Å²) in [6.07, 6.45) is 1.38. The Balaban J connectivity index is 1.82. The van der Waals surface area contributed by atoms with E-state index < -0.39 is 0 Å². The number of hydrogen-bond donors (Lipinski definition) is 1. The van der Waals surface area contributed by atoms with Crippen molar-refractivity contribution in [2.75, 3.05) is 10.8 Å². The van der Waals surface area contributed by atoms with Crippen LogP contribution in [0.5, 0.6) is 5.75 Å². The van der Waals surface area contributed by atoms with Gasteiger partial charge in [-0.1, -0.05) is 17.7 Å². The Morgan fingerprint density at radius 3 is 2.79 bits per heavy atom. The fraction of sp³-hybridized carbons (Fsp3) is 0.263. The van der Waals surface area contributed by atoms with Crippen molar-refractivity contribution in [1.82, 2.24) is 0 Å². The topological polar surface area (TPSA) is 52.9 Å². The third-order valence-electron chi connectivity index (χ3n) is 4.49. The first-order valence-electron chi connectivity index (χ1n) is 8.06. The van der Waals surface area contributed by atoms with Crippen LogP contribution in [0.2, 0.25) is 0 Å². The summed E-state index contributed by atoms with van der Waals surface area (Å²) in [5, 5.41) is 16.1. The molecule has 5 heteroatoms. The standard InChI is InChI=1S/C19H18N2O2S/c1-12-2-4-14(5-3-12)21-18(23)10-13-8-9-24-17-7-6-15(22)11-16(17)19(13)20-21/h2-7,11,13,22H,8-10H2,1H3. The number of benzene rings is 2. The minimum Gasteiger partial charge on any atom is -0.508 e. The molecule has 0 radical (unpaired) electrons. The Kier molecular flexibility index (Phi) is 3.81. The van der Waals surface area contributed by atoms with Crippen LogP contribution in [-0.2, 0) is 4.79 Å². The number of nitrogens with zero attached hydrogens (tertiary/aromatic N) is 2. The zero-order valence-corrected chi connectivity index (χ0v) is 14.2. The molecule has 0 spiro atoms. The quantitative estimate of drug-likeness (QED) is 0.856. The number of hydrazone groups is 1. The van der Waals surface area contributed by atoms with E-state index in [1.165, 1.54) is 5.01 Å². The molecule has 1 unspecified atom stereocenters. The Bertz CT molecular complexity index is 830. The van der Waals surface area contributed by atoms with Gasteiger partial charge in [0.1, 0.15) is 5.75 Å². The highest BCUT2D eigenvalue weighted by atomic mass is 32.2. The molecule has 4 rings (SSSR count). The number of thioether (sulfide) groups is 1. The molecule has 0 aliphatic carbocycles. The molecule has 1 atom stereocenters. The molecule has 1 N–H and O–H groups in total. The van der Waals surface area contributed by atoms with Gasteiger partial charge in [-0.15, -0.1) is 11.8 Å². The van der Waals surface area contributed by atoms with Gasteiger partial charge in [0.05, 0.1) is 11.4 Å². The van der Waals surface area contributed by atoms with Crippen LogP contribution in [-0.4, -0.2) is 22.5 Å². The van der Waals surface area contributed by atoms with Gasteiger partial charge in [0.15, 0.2) is 0 Å². The molecular formula is C19H18N2O2S. The molecule has 0 fully saturated rings. The third-order valence-corrected chi connectivity index (χ3v) is 5.60. The molecule has 2 aliphatic heterocycles. The van der Waals surface area contributed by atoms with Crippen LogP contribution in [0.1, 0.15) is 24.0 Å².